The molecule has 3 heteroatoms. The van der Waals surface area contributed by atoms with Crippen molar-refractivity contribution in [3.63, 3.8) is 0 Å². The summed E-state index contributed by atoms with van der Waals surface area (Å²) in [6, 6.07) is 0. The van der Waals surface area contributed by atoms with E-state index in [4.69, 9.17) is 0 Å². The summed E-state index contributed by atoms with van der Waals surface area (Å²) < 4.78 is 4.63. The first-order valence-corrected chi connectivity index (χ1v) is 9.58. The van der Waals surface area contributed by atoms with E-state index in [0.29, 0.717) is 6.42 Å². The molecule has 0 aromatic heterocycles. The molecule has 0 aliphatic rings. The van der Waals surface area contributed by atoms with Gasteiger partial charge in [0.05, 0.1) is 0 Å². The molecule has 0 aliphatic carbocycles. The van der Waals surface area contributed by atoms with E-state index >= 15 is 0 Å². The van der Waals surface area contributed by atoms with Crippen molar-refractivity contribution < 1.29 is 14.3 Å². The van der Waals surface area contributed by atoms with Crippen LogP contribution in [0.1, 0.15) is 104 Å². The van der Waals surface area contributed by atoms with E-state index in [-0.39, 0.29) is 0 Å². The molecule has 0 atom stereocenters. The number of rotatable bonds is 15. The van der Waals surface area contributed by atoms with E-state index in [0.717, 1.165) is 12.8 Å². The van der Waals surface area contributed by atoms with Crippen molar-refractivity contribution in [3.8, 4) is 0 Å². The minimum absolute atomic E-state index is 0.348. The zero-order valence-corrected chi connectivity index (χ0v) is 15.3. The van der Waals surface area contributed by atoms with Gasteiger partial charge in [-0.2, -0.15) is 0 Å². The summed E-state index contributed by atoms with van der Waals surface area (Å²) in [7, 11) is 0. The minimum Gasteiger partial charge on any atom is -0.390 e. The van der Waals surface area contributed by atoms with Crippen LogP contribution < -0.4 is 0 Å². The number of allylic oxidation sites excluding steroid dienone is 1. The Labute approximate surface area is 142 Å². The maximum Gasteiger partial charge on any atom is 0.338 e. The highest BCUT2D eigenvalue weighted by Crippen LogP contribution is 2.13. The average Bonchev–Trinajstić information content (AvgIpc) is 2.52. The molecule has 0 spiro atoms. The monoisotopic (exact) mass is 324 g/mol. The molecule has 0 saturated heterocycles. The quantitative estimate of drug-likeness (QED) is 0.158. The molecule has 23 heavy (non-hydrogen) atoms. The van der Waals surface area contributed by atoms with Crippen LogP contribution in [0.5, 0.6) is 0 Å². The number of ether oxygens (including phenoxy) is 1. The van der Waals surface area contributed by atoms with Crippen molar-refractivity contribution in [2.24, 2.45) is 0 Å². The lowest BCUT2D eigenvalue weighted by Gasteiger charge is -2.03. The lowest BCUT2D eigenvalue weighted by molar-refractivity contribution is -0.156. The fourth-order valence-corrected chi connectivity index (χ4v) is 2.62. The molecule has 0 aromatic rings. The number of hydrogen-bond acceptors (Lipinski definition) is 3. The van der Waals surface area contributed by atoms with Crippen molar-refractivity contribution in [3.05, 3.63) is 12.2 Å². The molecular weight excluding hydrogens is 288 g/mol. The third kappa shape index (κ3) is 17.1. The first-order valence-electron chi connectivity index (χ1n) is 9.58. The number of hydrogen-bond donors (Lipinski definition) is 0. The first-order chi connectivity index (χ1) is 11.2. The normalized spacial score (nSPS) is 11.0. The van der Waals surface area contributed by atoms with Crippen LogP contribution in [0.15, 0.2) is 12.2 Å². The second-order valence-corrected chi connectivity index (χ2v) is 6.29. The zero-order chi connectivity index (χ0) is 17.2. The Bertz CT molecular complexity index is 321. The summed E-state index contributed by atoms with van der Waals surface area (Å²) in [5, 5.41) is 0. The van der Waals surface area contributed by atoms with Gasteiger partial charge in [-0.05, 0) is 13.3 Å². The highest BCUT2D eigenvalue weighted by atomic mass is 16.6. The van der Waals surface area contributed by atoms with Crippen molar-refractivity contribution in [1.29, 1.82) is 0 Å². The summed E-state index contributed by atoms with van der Waals surface area (Å²) in [5.41, 5.74) is 0. The maximum atomic E-state index is 11.4. The van der Waals surface area contributed by atoms with Gasteiger partial charge in [-0.1, -0.05) is 90.0 Å². The van der Waals surface area contributed by atoms with Gasteiger partial charge in [0, 0.05) is 12.5 Å². The molecule has 0 N–H and O–H groups in total. The summed E-state index contributed by atoms with van der Waals surface area (Å²) >= 11 is 0. The van der Waals surface area contributed by atoms with Crippen molar-refractivity contribution >= 4 is 11.9 Å². The Morgan fingerprint density at radius 2 is 1.17 bits per heavy atom. The van der Waals surface area contributed by atoms with E-state index in [1.807, 2.05) is 0 Å². The number of esters is 2. The predicted octanol–water partition coefficient (Wildman–Crippen LogP) is 6.11. The standard InChI is InChI=1S/C20H36O3/c1-3-5-6-7-8-9-10-11-12-13-14-15-16-18-20(22)23-19(21)17-4-2/h4,17H,3,5-16,18H2,1-2H3. The van der Waals surface area contributed by atoms with Gasteiger partial charge >= 0.3 is 11.9 Å². The van der Waals surface area contributed by atoms with Crippen LogP contribution in [0.3, 0.4) is 0 Å². The van der Waals surface area contributed by atoms with Crippen LogP contribution in [0.2, 0.25) is 0 Å². The van der Waals surface area contributed by atoms with Crippen LogP contribution in [0.25, 0.3) is 0 Å². The second-order valence-electron chi connectivity index (χ2n) is 6.29. The van der Waals surface area contributed by atoms with Crippen LogP contribution in [-0.4, -0.2) is 11.9 Å². The summed E-state index contributed by atoms with van der Waals surface area (Å²) in [6.45, 7) is 3.98. The zero-order valence-electron chi connectivity index (χ0n) is 15.3. The third-order valence-electron chi connectivity index (χ3n) is 4.00. The van der Waals surface area contributed by atoms with E-state index in [2.05, 4.69) is 11.7 Å². The Morgan fingerprint density at radius 3 is 1.61 bits per heavy atom. The van der Waals surface area contributed by atoms with Gasteiger partial charge < -0.3 is 4.74 Å². The number of unbranched alkanes of at least 4 members (excludes halogenated alkanes) is 12. The molecule has 0 amide bonds. The molecule has 134 valence electrons. The second kappa shape index (κ2) is 17.2. The summed E-state index contributed by atoms with van der Waals surface area (Å²) in [4.78, 5) is 22.4. The fraction of sp³-hybridized carbons (Fsp3) is 0.800. The Balaban J connectivity index is 3.21. The minimum atomic E-state index is -0.563. The van der Waals surface area contributed by atoms with Crippen LogP contribution in [-0.2, 0) is 14.3 Å². The molecule has 0 rings (SSSR count). The van der Waals surface area contributed by atoms with Gasteiger partial charge in [0.15, 0.2) is 0 Å². The van der Waals surface area contributed by atoms with E-state index < -0.39 is 11.9 Å². The smallest absolute Gasteiger partial charge is 0.338 e. The molecule has 0 radical (unpaired) electrons. The molecule has 0 unspecified atom stereocenters. The van der Waals surface area contributed by atoms with Gasteiger partial charge in [-0.15, -0.1) is 0 Å². The Morgan fingerprint density at radius 1 is 0.739 bits per heavy atom. The summed E-state index contributed by atoms with van der Waals surface area (Å²) in [5.74, 6) is -0.969. The van der Waals surface area contributed by atoms with Crippen LogP contribution >= 0.6 is 0 Å². The molecule has 0 bridgehead atoms. The molecule has 0 aromatic carbocycles. The maximum absolute atomic E-state index is 11.4. The fourth-order valence-electron chi connectivity index (χ4n) is 2.62. The third-order valence-corrected chi connectivity index (χ3v) is 4.00. The van der Waals surface area contributed by atoms with Crippen molar-refractivity contribution in [2.45, 2.75) is 104 Å². The van der Waals surface area contributed by atoms with Gasteiger partial charge in [0.1, 0.15) is 0 Å². The Hall–Kier alpha value is -1.12. The Kier molecular flexibility index (Phi) is 16.4. The van der Waals surface area contributed by atoms with Gasteiger partial charge in [-0.3, -0.25) is 4.79 Å². The van der Waals surface area contributed by atoms with Gasteiger partial charge in [0.2, 0.25) is 0 Å². The lowest BCUT2D eigenvalue weighted by Crippen LogP contribution is -2.09. The highest BCUT2D eigenvalue weighted by Gasteiger charge is 2.06. The van der Waals surface area contributed by atoms with Crippen molar-refractivity contribution in [2.75, 3.05) is 0 Å². The van der Waals surface area contributed by atoms with Crippen LogP contribution in [0, 0.1) is 0 Å². The predicted molar refractivity (Wildman–Crippen MR) is 96.2 cm³/mol. The van der Waals surface area contributed by atoms with Gasteiger partial charge in [0.25, 0.3) is 0 Å². The average molecular weight is 325 g/mol. The van der Waals surface area contributed by atoms with Crippen molar-refractivity contribution in [1.82, 2.24) is 0 Å². The molecule has 0 heterocycles. The van der Waals surface area contributed by atoms with E-state index in [9.17, 15) is 9.59 Å². The molecule has 0 aliphatic heterocycles. The number of carbonyl (C=O) groups excluding carboxylic acids is 2. The summed E-state index contributed by atoms with van der Waals surface area (Å²) in [6.07, 6.45) is 19.8. The molecule has 0 fully saturated rings. The topological polar surface area (TPSA) is 43.4 Å². The SMILES string of the molecule is CC=CC(=O)OC(=O)CCCCCCCCCCCCCCC. The van der Waals surface area contributed by atoms with E-state index in [1.165, 1.54) is 76.7 Å². The van der Waals surface area contributed by atoms with E-state index in [1.54, 1.807) is 13.0 Å². The lowest BCUT2D eigenvalue weighted by atomic mass is 10.0. The van der Waals surface area contributed by atoms with Crippen LogP contribution in [0.4, 0.5) is 0 Å². The highest BCUT2D eigenvalue weighted by molar-refractivity contribution is 5.91. The largest absolute Gasteiger partial charge is 0.390 e. The molecule has 0 saturated carbocycles. The number of carbonyl (C=O) groups is 2. The van der Waals surface area contributed by atoms with Gasteiger partial charge in [-0.25, -0.2) is 4.79 Å². The molecule has 3 nitrogen and oxygen atoms in total. The first kappa shape index (κ1) is 21.9. The molecular formula is C20H36O3.